The monoisotopic (exact) mass is 409 g/mol. The molecule has 1 heterocycles. The fourth-order valence-electron chi connectivity index (χ4n) is 3.38. The van der Waals surface area contributed by atoms with Crippen LogP contribution in [0, 0.1) is 5.82 Å². The Morgan fingerprint density at radius 2 is 2.04 bits per heavy atom. The molecule has 1 saturated heterocycles. The van der Waals surface area contributed by atoms with Gasteiger partial charge < -0.3 is 20.4 Å². The molecule has 0 saturated carbocycles. The highest BCUT2D eigenvalue weighted by atomic mass is 32.2. The fraction of sp³-hybridized carbons (Fsp3) is 0.667. The smallest absolute Gasteiger partial charge is 0.191 e. The third kappa shape index (κ3) is 8.37. The molecule has 2 rings (SSSR count). The van der Waals surface area contributed by atoms with E-state index in [4.69, 9.17) is 4.99 Å². The van der Waals surface area contributed by atoms with Gasteiger partial charge in [-0.3, -0.25) is 0 Å². The second kappa shape index (κ2) is 13.0. The van der Waals surface area contributed by atoms with Crippen LogP contribution in [-0.2, 0) is 12.3 Å². The molecule has 5 nitrogen and oxygen atoms in total. The van der Waals surface area contributed by atoms with Crippen LogP contribution in [0.2, 0.25) is 0 Å². The van der Waals surface area contributed by atoms with Crippen molar-refractivity contribution in [3.8, 4) is 0 Å². The molecule has 158 valence electrons. The number of likely N-dealkylation sites (N-methyl/N-ethyl adjacent to an activating group) is 1. The normalized spacial score (nSPS) is 16.8. The standard InChI is InChI=1S/C21H36FN5S/c1-4-23-21(24-9-5-11-27-12-6-10-26(2)13-14-27)25-16-18-7-8-20(22)15-19(18)17-28-3/h7-8,15H,4-6,9-14,16-17H2,1-3H3,(H2,23,24,25). The van der Waals surface area contributed by atoms with Crippen LogP contribution in [0.5, 0.6) is 0 Å². The Morgan fingerprint density at radius 1 is 1.18 bits per heavy atom. The van der Waals surface area contributed by atoms with Gasteiger partial charge in [-0.2, -0.15) is 11.8 Å². The van der Waals surface area contributed by atoms with Gasteiger partial charge in [0.2, 0.25) is 0 Å². The minimum Gasteiger partial charge on any atom is -0.357 e. The molecular formula is C21H36FN5S. The molecule has 0 bridgehead atoms. The lowest BCUT2D eigenvalue weighted by molar-refractivity contribution is 0.274. The predicted octanol–water partition coefficient (Wildman–Crippen LogP) is 2.77. The Morgan fingerprint density at radius 3 is 2.82 bits per heavy atom. The van der Waals surface area contributed by atoms with E-state index in [0.717, 1.165) is 62.0 Å². The number of nitrogens with one attached hydrogen (secondary N) is 2. The number of rotatable bonds is 9. The minimum absolute atomic E-state index is 0.179. The first kappa shape index (κ1) is 23.0. The average Bonchev–Trinajstić information content (AvgIpc) is 2.88. The number of thioether (sulfide) groups is 1. The molecule has 2 N–H and O–H groups in total. The molecule has 0 unspecified atom stereocenters. The van der Waals surface area contributed by atoms with Crippen LogP contribution in [0.3, 0.4) is 0 Å². The van der Waals surface area contributed by atoms with Crippen molar-refractivity contribution in [3.05, 3.63) is 35.1 Å². The zero-order valence-electron chi connectivity index (χ0n) is 17.6. The first-order chi connectivity index (χ1) is 13.6. The molecule has 0 aliphatic carbocycles. The summed E-state index contributed by atoms with van der Waals surface area (Å²) < 4.78 is 13.5. The molecule has 1 aromatic rings. The van der Waals surface area contributed by atoms with Crippen molar-refractivity contribution >= 4 is 17.7 Å². The van der Waals surface area contributed by atoms with Gasteiger partial charge in [-0.25, -0.2) is 9.38 Å². The number of hydrogen-bond donors (Lipinski definition) is 2. The van der Waals surface area contributed by atoms with E-state index < -0.39 is 0 Å². The number of nitrogens with zero attached hydrogens (tertiary/aromatic N) is 3. The number of hydrogen-bond acceptors (Lipinski definition) is 4. The number of benzene rings is 1. The van der Waals surface area contributed by atoms with E-state index in [9.17, 15) is 4.39 Å². The third-order valence-electron chi connectivity index (χ3n) is 4.98. The maximum absolute atomic E-state index is 13.5. The summed E-state index contributed by atoms with van der Waals surface area (Å²) in [5.74, 6) is 1.46. The third-order valence-corrected chi connectivity index (χ3v) is 5.58. The average molecular weight is 410 g/mol. The molecule has 1 aliphatic rings. The van der Waals surface area contributed by atoms with Crippen LogP contribution < -0.4 is 10.6 Å². The SMILES string of the molecule is CCNC(=NCc1ccc(F)cc1CSC)NCCCN1CCCN(C)CC1. The van der Waals surface area contributed by atoms with Crippen molar-refractivity contribution in [1.29, 1.82) is 0 Å². The summed E-state index contributed by atoms with van der Waals surface area (Å²) in [6, 6.07) is 5.00. The van der Waals surface area contributed by atoms with Gasteiger partial charge in [0.25, 0.3) is 0 Å². The van der Waals surface area contributed by atoms with Crippen molar-refractivity contribution in [2.75, 3.05) is 59.1 Å². The maximum atomic E-state index is 13.5. The van der Waals surface area contributed by atoms with Crippen LogP contribution >= 0.6 is 11.8 Å². The highest BCUT2D eigenvalue weighted by Crippen LogP contribution is 2.17. The van der Waals surface area contributed by atoms with Crippen molar-refractivity contribution in [3.63, 3.8) is 0 Å². The van der Waals surface area contributed by atoms with Crippen LogP contribution in [0.25, 0.3) is 0 Å². The zero-order valence-corrected chi connectivity index (χ0v) is 18.5. The van der Waals surface area contributed by atoms with Crippen LogP contribution in [0.1, 0.15) is 30.9 Å². The molecule has 7 heteroatoms. The predicted molar refractivity (Wildman–Crippen MR) is 120 cm³/mol. The Bertz CT molecular complexity index is 610. The molecule has 1 fully saturated rings. The zero-order chi connectivity index (χ0) is 20.2. The summed E-state index contributed by atoms with van der Waals surface area (Å²) in [6.07, 6.45) is 4.39. The summed E-state index contributed by atoms with van der Waals surface area (Å²) in [5, 5.41) is 6.75. The molecule has 0 atom stereocenters. The van der Waals surface area contributed by atoms with Crippen molar-refractivity contribution in [2.24, 2.45) is 4.99 Å². The lowest BCUT2D eigenvalue weighted by Gasteiger charge is -2.20. The summed E-state index contributed by atoms with van der Waals surface area (Å²) in [6.45, 7) is 10.2. The largest absolute Gasteiger partial charge is 0.357 e. The van der Waals surface area contributed by atoms with E-state index in [2.05, 4.69) is 34.4 Å². The van der Waals surface area contributed by atoms with Gasteiger partial charge in [0.05, 0.1) is 6.54 Å². The first-order valence-corrected chi connectivity index (χ1v) is 11.7. The van der Waals surface area contributed by atoms with E-state index in [1.165, 1.54) is 25.6 Å². The molecule has 0 aromatic heterocycles. The number of guanidine groups is 1. The van der Waals surface area contributed by atoms with E-state index in [1.807, 2.05) is 12.3 Å². The minimum atomic E-state index is -0.179. The summed E-state index contributed by atoms with van der Waals surface area (Å²) in [5.41, 5.74) is 2.11. The second-order valence-electron chi connectivity index (χ2n) is 7.32. The van der Waals surface area contributed by atoms with Gasteiger partial charge in [0.1, 0.15) is 5.82 Å². The molecule has 1 aromatic carbocycles. The summed E-state index contributed by atoms with van der Waals surface area (Å²) in [7, 11) is 2.20. The highest BCUT2D eigenvalue weighted by Gasteiger charge is 2.11. The maximum Gasteiger partial charge on any atom is 0.191 e. The van der Waals surface area contributed by atoms with Crippen molar-refractivity contribution in [1.82, 2.24) is 20.4 Å². The molecule has 0 spiro atoms. The van der Waals surface area contributed by atoms with Crippen LogP contribution in [-0.4, -0.2) is 74.9 Å². The topological polar surface area (TPSA) is 42.9 Å². The molecule has 0 amide bonds. The molecular weight excluding hydrogens is 373 g/mol. The van der Waals surface area contributed by atoms with Gasteiger partial charge in [0.15, 0.2) is 5.96 Å². The lowest BCUT2D eigenvalue weighted by Crippen LogP contribution is -2.39. The van der Waals surface area contributed by atoms with Crippen LogP contribution in [0.4, 0.5) is 4.39 Å². The number of halogens is 1. The van der Waals surface area contributed by atoms with E-state index in [1.54, 1.807) is 17.8 Å². The summed E-state index contributed by atoms with van der Waals surface area (Å²) in [4.78, 5) is 9.68. The van der Waals surface area contributed by atoms with Crippen molar-refractivity contribution in [2.45, 2.75) is 32.1 Å². The first-order valence-electron chi connectivity index (χ1n) is 10.3. The van der Waals surface area contributed by atoms with Gasteiger partial charge in [0, 0.05) is 31.9 Å². The van der Waals surface area contributed by atoms with E-state index in [-0.39, 0.29) is 5.82 Å². The second-order valence-corrected chi connectivity index (χ2v) is 8.19. The highest BCUT2D eigenvalue weighted by molar-refractivity contribution is 7.97. The Balaban J connectivity index is 1.82. The van der Waals surface area contributed by atoms with Gasteiger partial charge >= 0.3 is 0 Å². The Kier molecular flexibility index (Phi) is 10.7. The van der Waals surface area contributed by atoms with Gasteiger partial charge in [-0.15, -0.1) is 0 Å². The summed E-state index contributed by atoms with van der Waals surface area (Å²) >= 11 is 1.70. The quantitative estimate of drug-likeness (QED) is 0.373. The van der Waals surface area contributed by atoms with E-state index in [0.29, 0.717) is 6.54 Å². The Hall–Kier alpha value is -1.31. The number of aliphatic imine (C=N–C) groups is 1. The molecule has 28 heavy (non-hydrogen) atoms. The fourth-order valence-corrected chi connectivity index (χ4v) is 3.96. The Labute approximate surface area is 174 Å². The molecule has 0 radical (unpaired) electrons. The van der Waals surface area contributed by atoms with Gasteiger partial charge in [-0.05, 0) is 76.0 Å². The lowest BCUT2D eigenvalue weighted by atomic mass is 10.1. The van der Waals surface area contributed by atoms with Crippen LogP contribution in [0.15, 0.2) is 23.2 Å². The van der Waals surface area contributed by atoms with E-state index >= 15 is 0 Å². The van der Waals surface area contributed by atoms with Gasteiger partial charge in [-0.1, -0.05) is 6.07 Å². The molecule has 1 aliphatic heterocycles. The van der Waals surface area contributed by atoms with Crippen molar-refractivity contribution < 1.29 is 4.39 Å².